The smallest absolute Gasteiger partial charge is 0.303 e. The van der Waals surface area contributed by atoms with Gasteiger partial charge in [-0.25, -0.2) is 0 Å². The molecule has 1 rings (SSSR count). The zero-order valence-electron chi connectivity index (χ0n) is 32.5. The molecule has 52 heavy (non-hydrogen) atoms. The van der Waals surface area contributed by atoms with E-state index in [4.69, 9.17) is 10.8 Å². The van der Waals surface area contributed by atoms with Crippen LogP contribution in [0.15, 0.2) is 24.3 Å². The van der Waals surface area contributed by atoms with E-state index in [1.54, 1.807) is 6.92 Å². The number of hydrogen-bond donors (Lipinski definition) is 8. The van der Waals surface area contributed by atoms with E-state index in [9.17, 15) is 28.8 Å². The molecule has 5 amide bonds. The summed E-state index contributed by atoms with van der Waals surface area (Å²) >= 11 is 0. The third kappa shape index (κ3) is 17.5. The lowest BCUT2D eigenvalue weighted by Crippen LogP contribution is -2.58. The summed E-state index contributed by atoms with van der Waals surface area (Å²) in [6.45, 7) is 16.1. The van der Waals surface area contributed by atoms with Crippen LogP contribution in [-0.4, -0.2) is 77.4 Å². The second-order valence-corrected chi connectivity index (χ2v) is 14.5. The van der Waals surface area contributed by atoms with Crippen LogP contribution in [-0.2, 0) is 41.9 Å². The molecular weight excluding hydrogens is 666 g/mol. The molecule has 9 N–H and O–H groups in total. The highest BCUT2D eigenvalue weighted by atomic mass is 16.4. The van der Waals surface area contributed by atoms with Crippen LogP contribution in [0.3, 0.4) is 0 Å². The minimum absolute atomic E-state index is 0.0259. The maximum atomic E-state index is 13.6. The Morgan fingerprint density at radius 3 is 1.92 bits per heavy atom. The van der Waals surface area contributed by atoms with Crippen molar-refractivity contribution in [2.24, 2.45) is 23.5 Å². The minimum Gasteiger partial charge on any atom is -0.481 e. The molecule has 1 aromatic rings. The molecule has 0 fully saturated rings. The Balaban J connectivity index is 2.89. The Hall–Kier alpha value is -4.04. The Morgan fingerprint density at radius 1 is 0.750 bits per heavy atom. The van der Waals surface area contributed by atoms with Gasteiger partial charge < -0.3 is 42.7 Å². The summed E-state index contributed by atoms with van der Waals surface area (Å²) in [5, 5.41) is 26.5. The van der Waals surface area contributed by atoms with Crippen LogP contribution < -0.4 is 37.6 Å². The lowest BCUT2D eigenvalue weighted by molar-refractivity contribution is -0.137. The van der Waals surface area contributed by atoms with Crippen molar-refractivity contribution in [1.82, 2.24) is 31.9 Å². The van der Waals surface area contributed by atoms with E-state index in [0.29, 0.717) is 38.8 Å². The van der Waals surface area contributed by atoms with Crippen LogP contribution >= 0.6 is 0 Å². The van der Waals surface area contributed by atoms with Crippen LogP contribution in [0.25, 0.3) is 0 Å². The molecule has 0 aliphatic carbocycles. The van der Waals surface area contributed by atoms with Crippen LogP contribution in [0.4, 0.5) is 0 Å². The van der Waals surface area contributed by atoms with Gasteiger partial charge in [-0.15, -0.1) is 0 Å². The van der Waals surface area contributed by atoms with Crippen LogP contribution in [0.2, 0.25) is 0 Å². The molecule has 0 aliphatic rings. The van der Waals surface area contributed by atoms with Crippen molar-refractivity contribution in [2.75, 3.05) is 6.54 Å². The molecule has 14 nitrogen and oxygen atoms in total. The Labute approximate surface area is 310 Å². The number of carbonyl (C=O) groups excluding carboxylic acids is 5. The highest BCUT2D eigenvalue weighted by molar-refractivity contribution is 5.92. The first kappa shape index (κ1) is 46.0. The van der Waals surface area contributed by atoms with Gasteiger partial charge in [0.1, 0.15) is 18.1 Å². The summed E-state index contributed by atoms with van der Waals surface area (Å²) in [4.78, 5) is 76.7. The van der Waals surface area contributed by atoms with E-state index in [2.05, 4.69) is 31.9 Å². The van der Waals surface area contributed by atoms with E-state index < -0.39 is 42.0 Å². The third-order valence-electron chi connectivity index (χ3n) is 8.96. The maximum absolute atomic E-state index is 13.6. The van der Waals surface area contributed by atoms with Gasteiger partial charge in [0.05, 0.1) is 6.04 Å². The predicted octanol–water partition coefficient (Wildman–Crippen LogP) is 2.48. The first-order valence-corrected chi connectivity index (χ1v) is 18.7. The minimum atomic E-state index is -0.998. The van der Waals surface area contributed by atoms with E-state index in [1.807, 2.05) is 72.7 Å². The number of nitrogens with one attached hydrogen (secondary N) is 6. The summed E-state index contributed by atoms with van der Waals surface area (Å²) in [7, 11) is 0. The van der Waals surface area contributed by atoms with E-state index in [-0.39, 0.29) is 67.3 Å². The van der Waals surface area contributed by atoms with Crippen molar-refractivity contribution >= 4 is 35.5 Å². The number of carboxylic acid groups (broad SMARTS) is 1. The average Bonchev–Trinajstić information content (AvgIpc) is 3.09. The standard InChI is InChI=1S/C38H65N7O7/c1-9-12-30(43-38(52)34(25(7)10-2)44-31(46)13-11-14-32(47)48)36(50)42-29(19-23(3)4)22-40-26(8)35(49)45-33(24(5)6)37(51)41-21-28-17-15-27(20-39)16-18-28/h15-18,23-26,29-30,33-34,40H,9-14,19-22,39H2,1-8H3,(H,41,51)(H,42,50)(H,43,52)(H,44,46)(H,45,49)(H,47,48)/t25-,26-,29?,30-,33-,34?/m0/s1. The van der Waals surface area contributed by atoms with Crippen molar-refractivity contribution in [3.8, 4) is 0 Å². The van der Waals surface area contributed by atoms with Gasteiger partial charge in [0.25, 0.3) is 0 Å². The van der Waals surface area contributed by atoms with Gasteiger partial charge in [-0.05, 0) is 55.1 Å². The summed E-state index contributed by atoms with van der Waals surface area (Å²) in [5.41, 5.74) is 7.58. The monoisotopic (exact) mass is 731 g/mol. The second kappa shape index (κ2) is 24.2. The lowest BCUT2D eigenvalue weighted by atomic mass is 9.97. The van der Waals surface area contributed by atoms with Gasteiger partial charge >= 0.3 is 5.97 Å². The van der Waals surface area contributed by atoms with E-state index in [0.717, 1.165) is 11.1 Å². The molecule has 6 atom stereocenters. The molecule has 0 radical (unpaired) electrons. The molecule has 0 heterocycles. The normalized spacial score (nSPS) is 14.8. The molecule has 2 unspecified atom stereocenters. The molecule has 0 aromatic heterocycles. The molecule has 0 saturated carbocycles. The summed E-state index contributed by atoms with van der Waals surface area (Å²) in [6, 6.07) is 4.09. The number of aliphatic carboxylic acids is 1. The molecule has 0 spiro atoms. The van der Waals surface area contributed by atoms with Crippen LogP contribution in [0.5, 0.6) is 0 Å². The zero-order valence-corrected chi connectivity index (χ0v) is 32.5. The molecule has 0 saturated heterocycles. The zero-order chi connectivity index (χ0) is 39.4. The Kier molecular flexibility index (Phi) is 21.4. The number of amides is 5. The van der Waals surface area contributed by atoms with Gasteiger partial charge in [-0.3, -0.25) is 28.8 Å². The molecule has 0 bridgehead atoms. The summed E-state index contributed by atoms with van der Waals surface area (Å²) in [5.74, 6) is -3.10. The Bertz CT molecular complexity index is 1290. The van der Waals surface area contributed by atoms with Gasteiger partial charge in [-0.1, -0.05) is 85.6 Å². The summed E-state index contributed by atoms with van der Waals surface area (Å²) < 4.78 is 0. The van der Waals surface area contributed by atoms with Crippen molar-refractivity contribution in [1.29, 1.82) is 0 Å². The number of nitrogens with two attached hydrogens (primary N) is 1. The fourth-order valence-electron chi connectivity index (χ4n) is 5.55. The lowest BCUT2D eigenvalue weighted by Gasteiger charge is -2.29. The highest BCUT2D eigenvalue weighted by Gasteiger charge is 2.31. The second-order valence-electron chi connectivity index (χ2n) is 14.5. The van der Waals surface area contributed by atoms with E-state index in [1.165, 1.54) is 0 Å². The SMILES string of the molecule is CCC[C@H](NC(=O)C(NC(=O)CCCC(=O)O)[C@@H](C)CC)C(=O)NC(CN[C@@H](C)C(=O)N[C@H](C(=O)NCc1ccc(CN)cc1)C(C)C)CC(C)C. The first-order chi connectivity index (χ1) is 24.5. The van der Waals surface area contributed by atoms with Gasteiger partial charge in [0, 0.05) is 38.5 Å². The first-order valence-electron chi connectivity index (χ1n) is 18.7. The molecule has 0 aliphatic heterocycles. The third-order valence-corrected chi connectivity index (χ3v) is 8.96. The molecule has 1 aromatic carbocycles. The quantitative estimate of drug-likeness (QED) is 0.0739. The predicted molar refractivity (Wildman–Crippen MR) is 202 cm³/mol. The number of hydrogen-bond acceptors (Lipinski definition) is 8. The van der Waals surface area contributed by atoms with Crippen LogP contribution in [0, 0.1) is 17.8 Å². The van der Waals surface area contributed by atoms with Gasteiger partial charge in [0.15, 0.2) is 0 Å². The number of rotatable bonds is 25. The largest absolute Gasteiger partial charge is 0.481 e. The fraction of sp³-hybridized carbons (Fsp3) is 0.684. The molecular formula is C38H65N7O7. The number of carbonyl (C=O) groups is 6. The van der Waals surface area contributed by atoms with Crippen molar-refractivity contribution in [3.05, 3.63) is 35.4 Å². The summed E-state index contributed by atoms with van der Waals surface area (Å²) in [6.07, 6.45) is 2.16. The van der Waals surface area contributed by atoms with Gasteiger partial charge in [-0.2, -0.15) is 0 Å². The number of benzene rings is 1. The average molecular weight is 732 g/mol. The molecule has 294 valence electrons. The number of carboxylic acids is 1. The fourth-order valence-corrected chi connectivity index (χ4v) is 5.55. The van der Waals surface area contributed by atoms with E-state index >= 15 is 0 Å². The van der Waals surface area contributed by atoms with Crippen LogP contribution in [0.1, 0.15) is 111 Å². The Morgan fingerprint density at radius 2 is 1.38 bits per heavy atom. The molecule has 14 heteroatoms. The highest BCUT2D eigenvalue weighted by Crippen LogP contribution is 2.12. The van der Waals surface area contributed by atoms with Crippen molar-refractivity contribution < 1.29 is 33.9 Å². The van der Waals surface area contributed by atoms with Crippen molar-refractivity contribution in [3.63, 3.8) is 0 Å². The van der Waals surface area contributed by atoms with Crippen molar-refractivity contribution in [2.45, 2.75) is 144 Å². The maximum Gasteiger partial charge on any atom is 0.303 e. The topological polar surface area (TPSA) is 221 Å². The van der Waals surface area contributed by atoms with Gasteiger partial charge in [0.2, 0.25) is 29.5 Å².